The lowest BCUT2D eigenvalue weighted by Gasteiger charge is -2.10. The maximum absolute atomic E-state index is 5.98. The third-order valence-corrected chi connectivity index (χ3v) is 3.65. The molecule has 1 aromatic carbocycles. The van der Waals surface area contributed by atoms with Gasteiger partial charge in [-0.3, -0.25) is 0 Å². The van der Waals surface area contributed by atoms with Gasteiger partial charge in [0.25, 0.3) is 0 Å². The minimum Gasteiger partial charge on any atom is -0.460 e. The van der Waals surface area contributed by atoms with Crippen molar-refractivity contribution in [1.82, 2.24) is 5.32 Å². The highest BCUT2D eigenvalue weighted by atomic mass is 16.3. The molecule has 0 unspecified atom stereocenters. The Morgan fingerprint density at radius 2 is 1.95 bits per heavy atom. The summed E-state index contributed by atoms with van der Waals surface area (Å²) in [7, 11) is 0. The number of benzene rings is 1. The summed E-state index contributed by atoms with van der Waals surface area (Å²) in [6.07, 6.45) is 2.62. The molecule has 0 aliphatic heterocycles. The van der Waals surface area contributed by atoms with Crippen LogP contribution in [0.1, 0.15) is 43.9 Å². The summed E-state index contributed by atoms with van der Waals surface area (Å²) in [6, 6.07) is 13.4. The molecule has 100 valence electrons. The lowest BCUT2D eigenvalue weighted by atomic mass is 9.96. The number of hydrogen-bond acceptors (Lipinski definition) is 2. The van der Waals surface area contributed by atoms with Crippen LogP contribution in [0, 0.1) is 0 Å². The summed E-state index contributed by atoms with van der Waals surface area (Å²) in [6.45, 7) is 5.28. The molecule has 3 rings (SSSR count). The fraction of sp³-hybridized carbons (Fsp3) is 0.412. The Bertz CT molecular complexity index is 552. The Kier molecular flexibility index (Phi) is 3.43. The van der Waals surface area contributed by atoms with Gasteiger partial charge in [-0.15, -0.1) is 0 Å². The summed E-state index contributed by atoms with van der Waals surface area (Å²) in [5.41, 5.74) is 2.56. The van der Waals surface area contributed by atoms with Gasteiger partial charge >= 0.3 is 0 Å². The summed E-state index contributed by atoms with van der Waals surface area (Å²) in [4.78, 5) is 0. The highest BCUT2D eigenvalue weighted by molar-refractivity contribution is 5.63. The van der Waals surface area contributed by atoms with Crippen LogP contribution in [-0.4, -0.2) is 6.04 Å². The Morgan fingerprint density at radius 3 is 2.68 bits per heavy atom. The molecule has 2 aromatic rings. The van der Waals surface area contributed by atoms with E-state index in [4.69, 9.17) is 4.42 Å². The number of furan rings is 1. The average Bonchev–Trinajstić information content (AvgIpc) is 3.13. The molecule has 1 aliphatic carbocycles. The lowest BCUT2D eigenvalue weighted by molar-refractivity contribution is 0.492. The van der Waals surface area contributed by atoms with Gasteiger partial charge in [0, 0.05) is 11.6 Å². The Hall–Kier alpha value is -1.54. The molecule has 1 fully saturated rings. The molecule has 0 spiro atoms. The quantitative estimate of drug-likeness (QED) is 0.860. The van der Waals surface area contributed by atoms with Crippen molar-refractivity contribution in [3.05, 3.63) is 47.7 Å². The minimum absolute atomic E-state index is 0.509. The highest BCUT2D eigenvalue weighted by Crippen LogP contribution is 2.30. The Labute approximate surface area is 114 Å². The highest BCUT2D eigenvalue weighted by Gasteiger charge is 2.20. The summed E-state index contributed by atoms with van der Waals surface area (Å²) in [5.74, 6) is 2.52. The smallest absolute Gasteiger partial charge is 0.134 e. The van der Waals surface area contributed by atoms with Crippen LogP contribution in [0.15, 0.2) is 40.8 Å². The van der Waals surface area contributed by atoms with Gasteiger partial charge in [-0.2, -0.15) is 0 Å². The molecule has 0 saturated heterocycles. The lowest BCUT2D eigenvalue weighted by Crippen LogP contribution is -2.14. The predicted octanol–water partition coefficient (Wildman–Crippen LogP) is 4.32. The first-order chi connectivity index (χ1) is 9.24. The second-order valence-electron chi connectivity index (χ2n) is 5.66. The second-order valence-corrected chi connectivity index (χ2v) is 5.66. The molecule has 2 heteroatoms. The van der Waals surface area contributed by atoms with Crippen LogP contribution in [0.2, 0.25) is 0 Å². The third-order valence-electron chi connectivity index (χ3n) is 3.65. The Balaban J connectivity index is 1.81. The van der Waals surface area contributed by atoms with Crippen LogP contribution in [0.5, 0.6) is 0 Å². The van der Waals surface area contributed by atoms with Crippen LogP contribution in [0.4, 0.5) is 0 Å². The van der Waals surface area contributed by atoms with Crippen molar-refractivity contribution in [2.75, 3.05) is 0 Å². The molecule has 1 heterocycles. The second kappa shape index (κ2) is 5.22. The first-order valence-electron chi connectivity index (χ1n) is 7.15. The van der Waals surface area contributed by atoms with Crippen molar-refractivity contribution < 1.29 is 4.42 Å². The molecule has 1 saturated carbocycles. The van der Waals surface area contributed by atoms with Gasteiger partial charge in [0.05, 0.1) is 6.54 Å². The molecule has 0 bridgehead atoms. The molecule has 1 aromatic heterocycles. The van der Waals surface area contributed by atoms with E-state index in [0.29, 0.717) is 5.92 Å². The van der Waals surface area contributed by atoms with E-state index in [-0.39, 0.29) is 0 Å². The van der Waals surface area contributed by atoms with Gasteiger partial charge < -0.3 is 9.73 Å². The van der Waals surface area contributed by atoms with E-state index in [2.05, 4.69) is 55.6 Å². The normalized spacial score (nSPS) is 15.1. The zero-order chi connectivity index (χ0) is 13.2. The molecule has 1 aliphatic rings. The van der Waals surface area contributed by atoms with E-state index in [1.165, 1.54) is 24.0 Å². The molecular weight excluding hydrogens is 234 g/mol. The Morgan fingerprint density at radius 1 is 1.16 bits per heavy atom. The fourth-order valence-corrected chi connectivity index (χ4v) is 2.37. The van der Waals surface area contributed by atoms with Crippen molar-refractivity contribution in [3.8, 4) is 11.3 Å². The molecule has 2 nitrogen and oxygen atoms in total. The van der Waals surface area contributed by atoms with Gasteiger partial charge in [0.15, 0.2) is 0 Å². The van der Waals surface area contributed by atoms with E-state index in [1.54, 1.807) is 0 Å². The zero-order valence-electron chi connectivity index (χ0n) is 11.6. The van der Waals surface area contributed by atoms with E-state index < -0.39 is 0 Å². The van der Waals surface area contributed by atoms with E-state index in [0.717, 1.165) is 24.1 Å². The molecular formula is C17H21NO. The van der Waals surface area contributed by atoms with Crippen LogP contribution in [-0.2, 0) is 6.54 Å². The van der Waals surface area contributed by atoms with Gasteiger partial charge in [-0.05, 0) is 36.5 Å². The zero-order valence-corrected chi connectivity index (χ0v) is 11.6. The van der Waals surface area contributed by atoms with Gasteiger partial charge in [0.2, 0.25) is 0 Å². The number of rotatable bonds is 5. The monoisotopic (exact) mass is 255 g/mol. The van der Waals surface area contributed by atoms with E-state index >= 15 is 0 Å². The van der Waals surface area contributed by atoms with E-state index in [9.17, 15) is 0 Å². The molecule has 0 atom stereocenters. The SMILES string of the molecule is CC(C)c1ccccc1-c1ccc(CNC2CC2)o1. The van der Waals surface area contributed by atoms with Crippen molar-refractivity contribution in [1.29, 1.82) is 0 Å². The number of nitrogens with one attached hydrogen (secondary N) is 1. The van der Waals surface area contributed by atoms with Crippen LogP contribution in [0.25, 0.3) is 11.3 Å². The van der Waals surface area contributed by atoms with Crippen molar-refractivity contribution >= 4 is 0 Å². The maximum Gasteiger partial charge on any atom is 0.134 e. The predicted molar refractivity (Wildman–Crippen MR) is 78.1 cm³/mol. The van der Waals surface area contributed by atoms with Crippen molar-refractivity contribution in [3.63, 3.8) is 0 Å². The number of hydrogen-bond donors (Lipinski definition) is 1. The van der Waals surface area contributed by atoms with Gasteiger partial charge in [-0.25, -0.2) is 0 Å². The van der Waals surface area contributed by atoms with Crippen molar-refractivity contribution in [2.45, 2.75) is 45.2 Å². The summed E-state index contributed by atoms with van der Waals surface area (Å²) in [5, 5.41) is 3.48. The summed E-state index contributed by atoms with van der Waals surface area (Å²) >= 11 is 0. The average molecular weight is 255 g/mol. The third kappa shape index (κ3) is 2.90. The standard InChI is InChI=1S/C17H21NO/c1-12(2)15-5-3-4-6-16(15)17-10-9-14(19-17)11-18-13-7-8-13/h3-6,9-10,12-13,18H,7-8,11H2,1-2H3. The molecule has 0 amide bonds. The molecule has 0 radical (unpaired) electrons. The minimum atomic E-state index is 0.509. The van der Waals surface area contributed by atoms with Crippen molar-refractivity contribution in [2.24, 2.45) is 0 Å². The largest absolute Gasteiger partial charge is 0.460 e. The van der Waals surface area contributed by atoms with Crippen LogP contribution < -0.4 is 5.32 Å². The maximum atomic E-state index is 5.98. The van der Waals surface area contributed by atoms with Gasteiger partial charge in [-0.1, -0.05) is 38.1 Å². The van der Waals surface area contributed by atoms with Crippen LogP contribution in [0.3, 0.4) is 0 Å². The fourth-order valence-electron chi connectivity index (χ4n) is 2.37. The van der Waals surface area contributed by atoms with Gasteiger partial charge in [0.1, 0.15) is 11.5 Å². The topological polar surface area (TPSA) is 25.2 Å². The molecule has 1 N–H and O–H groups in total. The van der Waals surface area contributed by atoms with Crippen LogP contribution >= 0.6 is 0 Å². The van der Waals surface area contributed by atoms with E-state index in [1.807, 2.05) is 0 Å². The summed E-state index contributed by atoms with van der Waals surface area (Å²) < 4.78 is 5.98. The first kappa shape index (κ1) is 12.5. The first-order valence-corrected chi connectivity index (χ1v) is 7.15. The molecule has 19 heavy (non-hydrogen) atoms.